The van der Waals surface area contributed by atoms with Crippen LogP contribution >= 0.6 is 68.8 Å². The molecule has 7 saturated heterocycles. The Kier molecular flexibility index (Phi) is 32.2. The number of esters is 3. The zero-order valence-electron chi connectivity index (χ0n) is 77.0. The Labute approximate surface area is 834 Å². The van der Waals surface area contributed by atoms with E-state index in [9.17, 15) is 62.1 Å². The number of benzene rings is 3. The van der Waals surface area contributed by atoms with Crippen LogP contribution in [0.15, 0.2) is 181 Å². The number of aromatic nitrogens is 8. The number of aliphatic hydroxyl groups is 2. The maximum Gasteiger partial charge on any atom is 0.338 e. The number of methoxy groups -OCH3 is 3. The Morgan fingerprint density at radius 2 is 0.886 bits per heavy atom. The fourth-order valence-electron chi connectivity index (χ4n) is 18.6. The number of nitrogens with zero attached hydrogens (tertiary/aromatic N) is 21. The van der Waals surface area contributed by atoms with Gasteiger partial charge in [0.25, 0.3) is 5.95 Å². The minimum atomic E-state index is -0.866. The Hall–Kier alpha value is -12.2. The molecule has 0 radical (unpaired) electrons. The summed E-state index contributed by atoms with van der Waals surface area (Å²) in [5.41, 5.74) is 2.66. The molecule has 10 aliphatic heterocycles. The lowest BCUT2D eigenvalue weighted by atomic mass is 9.92. The number of carboxylic acid groups (broad SMARTS) is 1. The first-order valence-electron chi connectivity index (χ1n) is 44.5. The number of piperazine rings is 3. The zero-order valence-corrected chi connectivity index (χ0v) is 81.7. The number of aliphatic imine (C=N–C) groups is 3. The van der Waals surface area contributed by atoms with Crippen LogP contribution in [0, 0.1) is 34.2 Å². The molecule has 140 heavy (non-hydrogen) atoms. The van der Waals surface area contributed by atoms with E-state index < -0.39 is 76.3 Å². The van der Waals surface area contributed by atoms with E-state index in [0.29, 0.717) is 215 Å². The van der Waals surface area contributed by atoms with Crippen molar-refractivity contribution in [3.8, 4) is 0 Å². The molecule has 6 amide bonds. The Morgan fingerprint density at radius 1 is 0.500 bits per heavy atom. The second-order valence-corrected chi connectivity index (χ2v) is 40.4. The lowest BCUT2D eigenvalue weighted by molar-refractivity contribution is -0.142. The van der Waals surface area contributed by atoms with Crippen LogP contribution in [0.4, 0.5) is 39.3 Å². The number of anilines is 2. The Morgan fingerprint density at radius 3 is 1.26 bits per heavy atom. The first-order valence-corrected chi connectivity index (χ1v) is 48.3. The first-order chi connectivity index (χ1) is 65.9. The van der Waals surface area contributed by atoms with Gasteiger partial charge in [-0.2, -0.15) is 10.1 Å². The number of allylic oxidation sites excluding steroid dienone is 2. The summed E-state index contributed by atoms with van der Waals surface area (Å²) in [5.74, 6) is -1.50. The first kappa shape index (κ1) is 104. The van der Waals surface area contributed by atoms with Crippen LogP contribution < -0.4 is 25.8 Å². The third-order valence-electron chi connectivity index (χ3n) is 25.8. The van der Waals surface area contributed by atoms with Gasteiger partial charge in [0.2, 0.25) is 0 Å². The number of nitrogens with one attached hydrogen (secondary N) is 3. The SMILES string of the molecule is C.C.C=C(O)C(C)(C)Cn1ccc(N2C[C@@H]3CN(CC4=C(C(=O)OC)[C@H](c5ccc(F)cc5Cl)N=C(c5nccs5)N4)CCN3C2=O)n1.C=C(O)C(C)(C)Cn1cnc(N2C[C@@H]3CN(CC4=C(C(=O)OC)[C@H](c5ccc(F)cc5Cl)N=C(c5nccs5)N4)CCN3C2=O)n1.COC(=O)C1=C(CN2CCN3C(=O)N(C4C[C@H](C(=O)O)N(CC(C)C)C4)C[C@@H]3C2)NC(c2nccs2)=N[C@H]1c1ccc(F)cc1Cl. The maximum absolute atomic E-state index is 14.0. The van der Waals surface area contributed by atoms with E-state index in [2.05, 4.69) is 87.8 Å². The summed E-state index contributed by atoms with van der Waals surface area (Å²) >= 11 is 23.6. The third-order valence-corrected chi connectivity index (χ3v) is 29.1. The molecule has 8 atom stereocenters. The molecule has 3 aromatic carbocycles. The molecule has 0 spiro atoms. The van der Waals surface area contributed by atoms with E-state index in [-0.39, 0.29) is 100 Å². The van der Waals surface area contributed by atoms with Gasteiger partial charge < -0.3 is 65.1 Å². The zero-order chi connectivity index (χ0) is 98.2. The van der Waals surface area contributed by atoms with Gasteiger partial charge in [0.05, 0.1) is 93.9 Å². The van der Waals surface area contributed by atoms with Gasteiger partial charge in [-0.25, -0.2) is 61.6 Å². The minimum Gasteiger partial charge on any atom is -0.512 e. The van der Waals surface area contributed by atoms with E-state index >= 15 is 0 Å². The molecule has 0 aliphatic carbocycles. The molecule has 8 aromatic rings. The number of fused-ring (bicyclic) bond motifs is 3. The van der Waals surface area contributed by atoms with E-state index in [0.717, 1.165) is 0 Å². The monoisotopic (exact) mass is 2040 g/mol. The molecule has 1 unspecified atom stereocenters. The smallest absolute Gasteiger partial charge is 0.338 e. The number of amidine groups is 3. The number of urea groups is 3. The second-order valence-electron chi connectivity index (χ2n) is 36.5. The van der Waals surface area contributed by atoms with Crippen LogP contribution in [0.3, 0.4) is 0 Å². The molecular formula is C94H112Cl3F3N24O13S3. The average molecular weight is 2050 g/mol. The summed E-state index contributed by atoms with van der Waals surface area (Å²) in [7, 11) is 3.90. The topological polar surface area (TPSA) is 401 Å². The number of hydrogen-bond donors (Lipinski definition) is 6. The highest BCUT2D eigenvalue weighted by Gasteiger charge is 2.51. The number of amides is 6. The quantitative estimate of drug-likeness (QED) is 0.0158. The molecular weight excluding hydrogens is 1930 g/mol. The van der Waals surface area contributed by atoms with E-state index in [1.54, 1.807) is 50.0 Å². The highest BCUT2D eigenvalue weighted by Crippen LogP contribution is 2.43. The molecule has 5 aromatic heterocycles. The predicted octanol–water partition coefficient (Wildman–Crippen LogP) is 12.5. The number of carbonyl (C=O) groups excluding carboxylic acids is 6. The molecule has 0 bridgehead atoms. The Balaban J connectivity index is 0.000000166. The molecule has 0 saturated carbocycles. The number of carboxylic acids is 1. The summed E-state index contributed by atoms with van der Waals surface area (Å²) in [6, 6.07) is 9.72. The summed E-state index contributed by atoms with van der Waals surface area (Å²) in [4.78, 5) is 143. The number of aliphatic hydroxyl groups excluding tert-OH is 2. The molecule has 746 valence electrons. The summed E-state index contributed by atoms with van der Waals surface area (Å²) < 4.78 is 60.9. The van der Waals surface area contributed by atoms with Crippen molar-refractivity contribution in [1.29, 1.82) is 0 Å². The molecule has 7 fully saturated rings. The number of thiazole rings is 3. The number of halogens is 6. The minimum absolute atomic E-state index is 0. The van der Waals surface area contributed by atoms with Crippen molar-refractivity contribution in [3.63, 3.8) is 0 Å². The molecule has 46 heteroatoms. The van der Waals surface area contributed by atoms with Gasteiger partial charge in [-0.3, -0.25) is 53.9 Å². The highest BCUT2D eigenvalue weighted by atomic mass is 35.5. The van der Waals surface area contributed by atoms with Crippen molar-refractivity contribution < 1.29 is 76.3 Å². The number of carbonyl (C=O) groups is 7. The van der Waals surface area contributed by atoms with Crippen LogP contribution in [-0.2, 0) is 46.5 Å². The van der Waals surface area contributed by atoms with Crippen LogP contribution in [-0.4, -0.2) is 316 Å². The molecule has 37 nitrogen and oxygen atoms in total. The summed E-state index contributed by atoms with van der Waals surface area (Å²) in [5, 5.41) is 56.5. The van der Waals surface area contributed by atoms with E-state index in [4.69, 9.17) is 64.0 Å². The van der Waals surface area contributed by atoms with Gasteiger partial charge in [-0.1, -0.05) is 123 Å². The third kappa shape index (κ3) is 22.2. The standard InChI is InChI=1S/C31H34ClFN8O4S.C31H37ClFN7O5S.C30H33ClFN9O4S.2CH4/c1-18(42)31(2,3)17-39-9-7-24(37-39)41-15-20-14-38(10-11-40(20)30(41)44)16-23-25(29(43)45-4)26(21-6-5-19(33)13-22(21)32)36-27(35-23)28-34-8-12-46-28;1-17(2)12-38-14-19(11-24(38)29(41)42)40-15-20-13-37(7-8-39(20)31(40)44)16-23-25(30(43)45-3)26(21-5-4-18(33)10-22(21)32)36-27(35-23)28-34-6-9-46-28;1-17(42)30(2,3)15-39-16-34-28(37-39)41-13-19-12-38(8-9-40(19)29(41)44)14-22-23(27(43)45-4)24(20-6-5-18(32)11-21(20)31)36-25(35-22)26-33-7-10-46-26;;/h5-9,12-13,20,26,42H,1,10-11,14-17H2,2-4H3,(H,35,36);4-6,9-10,17,19-20,24,26H,7-8,11-16H2,1-3H3,(H,35,36)(H,41,42);5-7,10-11,16,19,24,42H,1,8-9,12-15H2,2-4H3,(H,35,36);2*1H4/t20-,26-;19?,20-,24+,26-;19-,24-;;/m000../s1. The van der Waals surface area contributed by atoms with Crippen molar-refractivity contribution in [2.24, 2.45) is 31.7 Å². The predicted molar refractivity (Wildman–Crippen MR) is 526 cm³/mol. The second kappa shape index (κ2) is 43.5. The number of likely N-dealkylation sites (tertiary alicyclic amines) is 1. The van der Waals surface area contributed by atoms with Gasteiger partial charge in [-0.15, -0.1) is 39.1 Å². The van der Waals surface area contributed by atoms with E-state index in [1.807, 2.05) is 68.3 Å². The van der Waals surface area contributed by atoms with E-state index in [1.165, 1.54) is 116 Å². The molecule has 6 N–H and O–H groups in total. The van der Waals surface area contributed by atoms with Crippen molar-refractivity contribution in [1.82, 2.24) is 94.6 Å². The fraction of sp³-hybridized carbons (Fsp3) is 0.447. The number of aliphatic carboxylic acids is 1. The van der Waals surface area contributed by atoms with Gasteiger partial charge in [0, 0.05) is 211 Å². The van der Waals surface area contributed by atoms with Gasteiger partial charge in [0.1, 0.15) is 47.9 Å². The number of rotatable bonds is 27. The van der Waals surface area contributed by atoms with Crippen LogP contribution in [0.2, 0.25) is 15.1 Å². The molecule has 18 rings (SSSR count). The highest BCUT2D eigenvalue weighted by molar-refractivity contribution is 7.12. The molecule has 10 aliphatic rings. The average Bonchev–Trinajstić information content (AvgIpc) is 0.969. The summed E-state index contributed by atoms with van der Waals surface area (Å²) in [6.07, 6.45) is 8.72. The molecule has 15 heterocycles. The van der Waals surface area contributed by atoms with Crippen molar-refractivity contribution in [2.45, 2.75) is 124 Å². The van der Waals surface area contributed by atoms with Crippen molar-refractivity contribution >= 4 is 140 Å². The van der Waals surface area contributed by atoms with Crippen molar-refractivity contribution in [2.75, 3.05) is 142 Å². The van der Waals surface area contributed by atoms with Crippen LogP contribution in [0.1, 0.15) is 113 Å². The van der Waals surface area contributed by atoms with Crippen LogP contribution in [0.25, 0.3) is 0 Å². The lowest BCUT2D eigenvalue weighted by Crippen LogP contribution is -2.53. The fourth-order valence-corrected chi connectivity index (χ4v) is 21.2. The van der Waals surface area contributed by atoms with Gasteiger partial charge >= 0.3 is 42.0 Å². The Bertz CT molecular complexity index is 5960. The van der Waals surface area contributed by atoms with Crippen molar-refractivity contribution in [3.05, 3.63) is 231 Å². The normalized spacial score (nSPS) is 21.9. The lowest BCUT2D eigenvalue weighted by Gasteiger charge is -2.38. The largest absolute Gasteiger partial charge is 0.512 e. The van der Waals surface area contributed by atoms with Gasteiger partial charge in [-0.05, 0) is 48.7 Å². The number of ether oxygens (including phenoxy) is 3. The van der Waals surface area contributed by atoms with Gasteiger partial charge in [0.15, 0.2) is 38.3 Å². The summed E-state index contributed by atoms with van der Waals surface area (Å²) in [6.45, 7) is 27.8. The number of hydrogen-bond acceptors (Lipinski definition) is 31. The van der Waals surface area contributed by atoms with Crippen LogP contribution in [0.5, 0.6) is 0 Å². The maximum atomic E-state index is 14.0.